The average Bonchev–Trinajstić information content (AvgIpc) is 3.12. The summed E-state index contributed by atoms with van der Waals surface area (Å²) in [6.07, 6.45) is -9.81. The predicted octanol–water partition coefficient (Wildman–Crippen LogP) is 1.67. The van der Waals surface area contributed by atoms with Crippen molar-refractivity contribution in [2.75, 3.05) is 13.6 Å². The maximum atomic E-state index is 13.2. The van der Waals surface area contributed by atoms with Crippen molar-refractivity contribution in [2.45, 2.75) is 30.7 Å². The molecule has 8 nitrogen and oxygen atoms in total. The molecule has 2 atom stereocenters. The van der Waals surface area contributed by atoms with Crippen LogP contribution < -0.4 is 16.0 Å². The number of carbonyl (C=O) groups excluding carboxylic acids is 3. The molecule has 3 N–H and O–H groups in total. The van der Waals surface area contributed by atoms with Gasteiger partial charge in [-0.2, -0.15) is 31.4 Å². The molecule has 14 heteroatoms. The third kappa shape index (κ3) is 6.96. The zero-order valence-corrected chi connectivity index (χ0v) is 17.9. The highest BCUT2D eigenvalue weighted by Crippen LogP contribution is 2.31. The van der Waals surface area contributed by atoms with E-state index in [0.29, 0.717) is 5.56 Å². The highest BCUT2D eigenvalue weighted by Gasteiger charge is 2.40. The van der Waals surface area contributed by atoms with Gasteiger partial charge in [-0.1, -0.05) is 30.3 Å². The van der Waals surface area contributed by atoms with Gasteiger partial charge in [0, 0.05) is 38.3 Å². The smallest absolute Gasteiger partial charge is 0.357 e. The summed E-state index contributed by atoms with van der Waals surface area (Å²) in [5.41, 5.74) is -1.43. The SMILES string of the molecule is CNC(=O)C(NC(=O)Cc1cn(C)nc1C(F)(F)F)C(CNC(=O)C(F)(F)F)c1ccccc1. The van der Waals surface area contributed by atoms with Crippen LogP contribution in [0.4, 0.5) is 26.3 Å². The molecule has 1 heterocycles. The molecular formula is C20H21F6N5O3. The molecule has 0 saturated carbocycles. The first-order valence-corrected chi connectivity index (χ1v) is 9.74. The van der Waals surface area contributed by atoms with Crippen molar-refractivity contribution in [1.82, 2.24) is 25.7 Å². The Bertz CT molecular complexity index is 1020. The van der Waals surface area contributed by atoms with Crippen molar-refractivity contribution < 1.29 is 40.7 Å². The quantitative estimate of drug-likeness (QED) is 0.487. The van der Waals surface area contributed by atoms with Gasteiger partial charge in [-0.05, 0) is 5.56 Å². The summed E-state index contributed by atoms with van der Waals surface area (Å²) >= 11 is 0. The second kappa shape index (κ2) is 10.6. The summed E-state index contributed by atoms with van der Waals surface area (Å²) in [7, 11) is 2.44. The molecule has 3 amide bonds. The topological polar surface area (TPSA) is 105 Å². The number of rotatable bonds is 8. The zero-order valence-electron chi connectivity index (χ0n) is 17.9. The van der Waals surface area contributed by atoms with Crippen LogP contribution in [0.3, 0.4) is 0 Å². The van der Waals surface area contributed by atoms with Crippen LogP contribution in [-0.2, 0) is 34.0 Å². The number of benzene rings is 1. The highest BCUT2D eigenvalue weighted by atomic mass is 19.4. The van der Waals surface area contributed by atoms with Crippen LogP contribution in [0.15, 0.2) is 36.5 Å². The third-order valence-corrected chi connectivity index (χ3v) is 4.74. The van der Waals surface area contributed by atoms with E-state index in [2.05, 4.69) is 15.7 Å². The largest absolute Gasteiger partial charge is 0.471 e. The summed E-state index contributed by atoms with van der Waals surface area (Å²) < 4.78 is 78.4. The molecule has 0 spiro atoms. The molecule has 34 heavy (non-hydrogen) atoms. The van der Waals surface area contributed by atoms with Crippen LogP contribution in [0.2, 0.25) is 0 Å². The Morgan fingerprint density at radius 1 is 1.06 bits per heavy atom. The van der Waals surface area contributed by atoms with Crippen molar-refractivity contribution >= 4 is 17.7 Å². The van der Waals surface area contributed by atoms with Crippen molar-refractivity contribution in [3.63, 3.8) is 0 Å². The Balaban J connectivity index is 2.32. The van der Waals surface area contributed by atoms with Crippen molar-refractivity contribution in [2.24, 2.45) is 7.05 Å². The minimum absolute atomic E-state index is 0.302. The Morgan fingerprint density at radius 2 is 1.68 bits per heavy atom. The number of halogens is 6. The van der Waals surface area contributed by atoms with Gasteiger partial charge in [-0.25, -0.2) is 0 Å². The Hall–Kier alpha value is -3.58. The molecule has 1 aromatic heterocycles. The van der Waals surface area contributed by atoms with Gasteiger partial charge in [0.05, 0.1) is 6.42 Å². The lowest BCUT2D eigenvalue weighted by Crippen LogP contribution is -2.52. The first-order valence-electron chi connectivity index (χ1n) is 9.74. The number of hydrogen-bond acceptors (Lipinski definition) is 4. The molecule has 0 radical (unpaired) electrons. The molecule has 186 valence electrons. The van der Waals surface area contributed by atoms with E-state index in [4.69, 9.17) is 0 Å². The first-order chi connectivity index (χ1) is 15.7. The van der Waals surface area contributed by atoms with Gasteiger partial charge in [-0.3, -0.25) is 19.1 Å². The van der Waals surface area contributed by atoms with Gasteiger partial charge in [-0.15, -0.1) is 0 Å². The molecule has 2 unspecified atom stereocenters. The Labute approximate surface area is 189 Å². The molecule has 0 saturated heterocycles. The van der Waals surface area contributed by atoms with Crippen molar-refractivity contribution in [1.29, 1.82) is 0 Å². The number of amides is 3. The van der Waals surface area contributed by atoms with E-state index in [1.54, 1.807) is 11.4 Å². The fraction of sp³-hybridized carbons (Fsp3) is 0.400. The normalized spacial score (nSPS) is 13.6. The highest BCUT2D eigenvalue weighted by molar-refractivity contribution is 5.89. The third-order valence-electron chi connectivity index (χ3n) is 4.74. The van der Waals surface area contributed by atoms with Crippen LogP contribution >= 0.6 is 0 Å². The number of hydrogen-bond donors (Lipinski definition) is 3. The van der Waals surface area contributed by atoms with Crippen LogP contribution in [-0.4, -0.2) is 53.3 Å². The molecule has 0 aliphatic carbocycles. The van der Waals surface area contributed by atoms with Gasteiger partial charge < -0.3 is 16.0 Å². The van der Waals surface area contributed by atoms with E-state index in [-0.39, 0.29) is 0 Å². The van der Waals surface area contributed by atoms with E-state index in [1.165, 1.54) is 38.4 Å². The van der Waals surface area contributed by atoms with Gasteiger partial charge in [0.2, 0.25) is 11.8 Å². The Kier molecular flexibility index (Phi) is 8.29. The van der Waals surface area contributed by atoms with E-state index >= 15 is 0 Å². The van der Waals surface area contributed by atoms with E-state index in [9.17, 15) is 40.7 Å². The van der Waals surface area contributed by atoms with E-state index in [1.807, 2.05) is 0 Å². The summed E-state index contributed by atoms with van der Waals surface area (Å²) in [4.78, 5) is 36.5. The molecule has 1 aromatic carbocycles. The molecule has 0 aliphatic heterocycles. The monoisotopic (exact) mass is 493 g/mol. The summed E-state index contributed by atoms with van der Waals surface area (Å²) in [5, 5.41) is 9.51. The minimum atomic E-state index is -5.18. The van der Waals surface area contributed by atoms with Crippen LogP contribution in [0.25, 0.3) is 0 Å². The second-order valence-electron chi connectivity index (χ2n) is 7.24. The molecule has 0 fully saturated rings. The van der Waals surface area contributed by atoms with Crippen LogP contribution in [0.1, 0.15) is 22.7 Å². The predicted molar refractivity (Wildman–Crippen MR) is 106 cm³/mol. The fourth-order valence-corrected chi connectivity index (χ4v) is 3.24. The van der Waals surface area contributed by atoms with E-state index in [0.717, 1.165) is 10.9 Å². The molecule has 0 bridgehead atoms. The lowest BCUT2D eigenvalue weighted by atomic mass is 9.90. The molecule has 2 aromatic rings. The molecular weight excluding hydrogens is 472 g/mol. The lowest BCUT2D eigenvalue weighted by Gasteiger charge is -2.28. The number of aryl methyl sites for hydroxylation is 1. The van der Waals surface area contributed by atoms with Gasteiger partial charge in [0.15, 0.2) is 5.69 Å². The number of aromatic nitrogens is 2. The standard InChI is InChI=1S/C20H21F6N5O3/c1-27-17(33)15(29-14(32)8-12-10-31(2)30-16(12)19(21,22)23)13(11-6-4-3-5-7-11)9-28-18(34)20(24,25)26/h3-7,10,13,15H,8-9H2,1-2H3,(H,27,33)(H,28,34)(H,29,32). The number of alkyl halides is 6. The first kappa shape index (κ1) is 26.7. The summed E-state index contributed by atoms with van der Waals surface area (Å²) in [6.45, 7) is -0.693. The van der Waals surface area contributed by atoms with Crippen LogP contribution in [0, 0.1) is 0 Å². The Morgan fingerprint density at radius 3 is 2.21 bits per heavy atom. The average molecular weight is 493 g/mol. The minimum Gasteiger partial charge on any atom is -0.357 e. The number of nitrogens with zero attached hydrogens (tertiary/aromatic N) is 2. The molecule has 0 aliphatic rings. The lowest BCUT2D eigenvalue weighted by molar-refractivity contribution is -0.173. The zero-order chi connectivity index (χ0) is 25.7. The van der Waals surface area contributed by atoms with Gasteiger partial charge in [0.25, 0.3) is 0 Å². The van der Waals surface area contributed by atoms with Gasteiger partial charge in [0.1, 0.15) is 6.04 Å². The van der Waals surface area contributed by atoms with E-state index < -0.39 is 66.3 Å². The van der Waals surface area contributed by atoms with Crippen molar-refractivity contribution in [3.8, 4) is 0 Å². The van der Waals surface area contributed by atoms with Crippen LogP contribution in [0.5, 0.6) is 0 Å². The second-order valence-corrected chi connectivity index (χ2v) is 7.24. The van der Waals surface area contributed by atoms with Gasteiger partial charge >= 0.3 is 18.3 Å². The number of likely N-dealkylation sites (N-methyl/N-ethyl adjacent to an activating group) is 1. The van der Waals surface area contributed by atoms with Crippen molar-refractivity contribution in [3.05, 3.63) is 53.3 Å². The number of nitrogens with one attached hydrogen (secondary N) is 3. The summed E-state index contributed by atoms with van der Waals surface area (Å²) in [5.74, 6) is -5.26. The maximum Gasteiger partial charge on any atom is 0.471 e. The number of carbonyl (C=O) groups is 3. The molecule has 2 rings (SSSR count). The summed E-state index contributed by atoms with van der Waals surface area (Å²) in [6, 6.07) is 6.08. The fourth-order valence-electron chi connectivity index (χ4n) is 3.24. The maximum absolute atomic E-state index is 13.2.